The minimum atomic E-state index is -0.140. The van der Waals surface area contributed by atoms with E-state index < -0.39 is 0 Å². The van der Waals surface area contributed by atoms with E-state index in [2.05, 4.69) is 50.5 Å². The minimum Gasteiger partial charge on any atom is -0.370 e. The van der Waals surface area contributed by atoms with E-state index in [0.717, 1.165) is 30.0 Å². The lowest BCUT2D eigenvalue weighted by molar-refractivity contribution is 0.0632. The molecule has 7 heteroatoms. The second-order valence-corrected chi connectivity index (χ2v) is 10.4. The monoisotopic (exact) mass is 485 g/mol. The summed E-state index contributed by atoms with van der Waals surface area (Å²) in [6, 6.07) is 16.4. The normalized spacial score (nSPS) is 16.8. The van der Waals surface area contributed by atoms with Crippen LogP contribution in [0.1, 0.15) is 53.0 Å². The molecule has 1 aromatic carbocycles. The summed E-state index contributed by atoms with van der Waals surface area (Å²) in [7, 11) is 0. The van der Waals surface area contributed by atoms with Crippen molar-refractivity contribution < 1.29 is 4.79 Å². The fourth-order valence-electron chi connectivity index (χ4n) is 5.69. The summed E-state index contributed by atoms with van der Waals surface area (Å²) < 4.78 is 1.78. The summed E-state index contributed by atoms with van der Waals surface area (Å²) in [6.07, 6.45) is 8.79. The molecule has 1 aliphatic heterocycles. The number of nitrogens with one attached hydrogen (secondary N) is 1. The van der Waals surface area contributed by atoms with E-state index in [1.54, 1.807) is 16.7 Å². The van der Waals surface area contributed by atoms with Gasteiger partial charge in [0.1, 0.15) is 11.3 Å². The Kier molecular flexibility index (Phi) is 5.49. The van der Waals surface area contributed by atoms with Crippen molar-refractivity contribution in [2.24, 2.45) is 5.41 Å². The topological polar surface area (TPSA) is 62.5 Å². The zero-order valence-corrected chi connectivity index (χ0v) is 20.5. The van der Waals surface area contributed by atoms with Crippen molar-refractivity contribution in [2.45, 2.75) is 38.6 Å². The molecular formula is C28H28ClN5O. The lowest BCUT2D eigenvalue weighted by atomic mass is 9.56. The summed E-state index contributed by atoms with van der Waals surface area (Å²) >= 11 is 6.16. The maximum Gasteiger partial charge on any atom is 0.270 e. The first-order chi connectivity index (χ1) is 17.0. The van der Waals surface area contributed by atoms with Gasteiger partial charge in [0.25, 0.3) is 5.91 Å². The zero-order chi connectivity index (χ0) is 24.0. The van der Waals surface area contributed by atoms with Gasteiger partial charge >= 0.3 is 0 Å². The fourth-order valence-corrected chi connectivity index (χ4v) is 5.85. The van der Waals surface area contributed by atoms with Crippen LogP contribution in [0.15, 0.2) is 67.1 Å². The molecule has 1 saturated carbocycles. The second-order valence-electron chi connectivity index (χ2n) is 9.93. The molecule has 1 spiro atoms. The smallest absolute Gasteiger partial charge is 0.270 e. The van der Waals surface area contributed by atoms with Crippen molar-refractivity contribution in [2.75, 3.05) is 18.0 Å². The average Bonchev–Trinajstić information content (AvgIpc) is 3.20. The molecule has 6 rings (SSSR count). The van der Waals surface area contributed by atoms with Crippen LogP contribution in [0.25, 0.3) is 5.65 Å². The number of halogens is 1. The van der Waals surface area contributed by atoms with Crippen LogP contribution in [0.2, 0.25) is 5.02 Å². The maximum absolute atomic E-state index is 13.0. The Labute approximate surface area is 210 Å². The Balaban J connectivity index is 1.05. The molecule has 35 heavy (non-hydrogen) atoms. The third kappa shape index (κ3) is 4.06. The third-order valence-electron chi connectivity index (χ3n) is 7.53. The van der Waals surface area contributed by atoms with Crippen LogP contribution in [0.3, 0.4) is 0 Å². The number of amides is 1. The van der Waals surface area contributed by atoms with Gasteiger partial charge in [-0.25, -0.2) is 4.98 Å². The molecule has 4 heterocycles. The quantitative estimate of drug-likeness (QED) is 0.404. The highest BCUT2D eigenvalue weighted by atomic mass is 35.5. The van der Waals surface area contributed by atoms with Gasteiger partial charge in [-0.15, -0.1) is 0 Å². The van der Waals surface area contributed by atoms with Gasteiger partial charge in [0.2, 0.25) is 0 Å². The SMILES string of the molecule is CCc1nc2ccc(Cl)cn2c1C(=O)NCc1ccc(N2CC3(CC(c4cccnc4)C3)C2)cc1. The van der Waals surface area contributed by atoms with Gasteiger partial charge < -0.3 is 10.2 Å². The molecular weight excluding hydrogens is 458 g/mol. The predicted octanol–water partition coefficient (Wildman–Crippen LogP) is 5.26. The van der Waals surface area contributed by atoms with Gasteiger partial charge in [0, 0.05) is 49.3 Å². The Bertz CT molecular complexity index is 1370. The number of aromatic nitrogens is 3. The maximum atomic E-state index is 13.0. The van der Waals surface area contributed by atoms with Gasteiger partial charge in [-0.1, -0.05) is 36.7 Å². The molecule has 0 unspecified atom stereocenters. The van der Waals surface area contributed by atoms with E-state index in [0.29, 0.717) is 35.0 Å². The molecule has 2 fully saturated rings. The number of rotatable bonds is 6. The summed E-state index contributed by atoms with van der Waals surface area (Å²) in [4.78, 5) is 24.3. The molecule has 6 nitrogen and oxygen atoms in total. The van der Waals surface area contributed by atoms with Crippen LogP contribution in [0, 0.1) is 5.41 Å². The number of pyridine rings is 2. The Morgan fingerprint density at radius 1 is 1.14 bits per heavy atom. The highest BCUT2D eigenvalue weighted by molar-refractivity contribution is 6.30. The largest absolute Gasteiger partial charge is 0.370 e. The predicted molar refractivity (Wildman–Crippen MR) is 138 cm³/mol. The summed E-state index contributed by atoms with van der Waals surface area (Å²) in [5.74, 6) is 0.521. The summed E-state index contributed by atoms with van der Waals surface area (Å²) in [5.41, 5.74) is 6.22. The van der Waals surface area contributed by atoms with Crippen LogP contribution >= 0.6 is 11.6 Å². The molecule has 2 aliphatic rings. The fraction of sp³-hybridized carbons (Fsp3) is 0.321. The van der Waals surface area contributed by atoms with Crippen molar-refractivity contribution in [1.82, 2.24) is 19.7 Å². The van der Waals surface area contributed by atoms with Gasteiger partial charge in [-0.05, 0) is 66.6 Å². The number of carbonyl (C=O) groups is 1. The van der Waals surface area contributed by atoms with Crippen molar-refractivity contribution in [3.8, 4) is 0 Å². The zero-order valence-electron chi connectivity index (χ0n) is 19.7. The molecule has 0 atom stereocenters. The number of imidazole rings is 1. The van der Waals surface area contributed by atoms with Gasteiger partial charge in [0.05, 0.1) is 10.7 Å². The number of hydrogen-bond acceptors (Lipinski definition) is 4. The number of fused-ring (bicyclic) bond motifs is 1. The van der Waals surface area contributed by atoms with Crippen molar-refractivity contribution in [1.29, 1.82) is 0 Å². The minimum absolute atomic E-state index is 0.140. The molecule has 1 amide bonds. The highest BCUT2D eigenvalue weighted by Gasteiger charge is 2.52. The number of hydrogen-bond donors (Lipinski definition) is 1. The first-order valence-corrected chi connectivity index (χ1v) is 12.6. The first kappa shape index (κ1) is 22.1. The second kappa shape index (κ2) is 8.68. The number of benzene rings is 1. The summed E-state index contributed by atoms with van der Waals surface area (Å²) in [6.45, 7) is 4.71. The van der Waals surface area contributed by atoms with E-state index in [1.807, 2.05) is 31.5 Å². The average molecular weight is 486 g/mol. The number of aryl methyl sites for hydroxylation is 1. The number of anilines is 1. The molecule has 0 radical (unpaired) electrons. The highest BCUT2D eigenvalue weighted by Crippen LogP contribution is 2.56. The van der Waals surface area contributed by atoms with Crippen LogP contribution in [-0.4, -0.2) is 33.4 Å². The Morgan fingerprint density at radius 2 is 1.94 bits per heavy atom. The number of carbonyl (C=O) groups excluding carboxylic acids is 1. The van der Waals surface area contributed by atoms with E-state index in [-0.39, 0.29) is 5.91 Å². The lowest BCUT2D eigenvalue weighted by Gasteiger charge is -2.60. The summed E-state index contributed by atoms with van der Waals surface area (Å²) in [5, 5.41) is 3.63. The molecule has 4 aromatic rings. The molecule has 3 aromatic heterocycles. The van der Waals surface area contributed by atoms with Crippen molar-refractivity contribution in [3.63, 3.8) is 0 Å². The van der Waals surface area contributed by atoms with Crippen molar-refractivity contribution in [3.05, 3.63) is 94.7 Å². The van der Waals surface area contributed by atoms with Crippen LogP contribution < -0.4 is 10.2 Å². The van der Waals surface area contributed by atoms with Crippen LogP contribution in [-0.2, 0) is 13.0 Å². The third-order valence-corrected chi connectivity index (χ3v) is 7.75. The molecule has 178 valence electrons. The molecule has 1 saturated heterocycles. The van der Waals surface area contributed by atoms with Crippen LogP contribution in [0.4, 0.5) is 5.69 Å². The van der Waals surface area contributed by atoms with Crippen LogP contribution in [0.5, 0.6) is 0 Å². The van der Waals surface area contributed by atoms with E-state index in [9.17, 15) is 4.79 Å². The van der Waals surface area contributed by atoms with Crippen molar-refractivity contribution >= 4 is 28.8 Å². The Hall–Kier alpha value is -3.38. The van der Waals surface area contributed by atoms with Gasteiger partial charge in [-0.2, -0.15) is 0 Å². The standard InChI is InChI=1S/C28H28ClN5O/c1-2-24-26(34-16-22(29)7-10-25(34)32-24)27(35)31-14-19-5-8-23(9-6-19)33-17-28(18-33)12-21(13-28)20-4-3-11-30-15-20/h3-11,15-16,21H,2,12-14,17-18H2,1H3,(H,31,35). The molecule has 1 N–H and O–H groups in total. The lowest BCUT2D eigenvalue weighted by Crippen LogP contribution is -2.61. The van der Waals surface area contributed by atoms with Gasteiger partial charge in [0.15, 0.2) is 0 Å². The van der Waals surface area contributed by atoms with E-state index in [1.165, 1.54) is 24.1 Å². The van der Waals surface area contributed by atoms with Gasteiger partial charge in [-0.3, -0.25) is 14.2 Å². The molecule has 1 aliphatic carbocycles. The van der Waals surface area contributed by atoms with E-state index >= 15 is 0 Å². The molecule has 0 bridgehead atoms. The van der Waals surface area contributed by atoms with E-state index in [4.69, 9.17) is 11.6 Å². The first-order valence-electron chi connectivity index (χ1n) is 12.2. The number of nitrogens with zero attached hydrogens (tertiary/aromatic N) is 4. The Morgan fingerprint density at radius 3 is 2.66 bits per heavy atom.